The fourth-order valence-electron chi connectivity index (χ4n) is 7.00. The number of para-hydroxylation sites is 3. The van der Waals surface area contributed by atoms with E-state index in [9.17, 15) is 19.5 Å². The van der Waals surface area contributed by atoms with E-state index in [1.165, 1.54) is 0 Å². The summed E-state index contributed by atoms with van der Waals surface area (Å²) in [7, 11) is -1.26. The van der Waals surface area contributed by atoms with Gasteiger partial charge in [0.15, 0.2) is 14.1 Å². The maximum Gasteiger partial charge on any atom is 0.266 e. The van der Waals surface area contributed by atoms with E-state index in [1.807, 2.05) is 74.6 Å². The van der Waals surface area contributed by atoms with Gasteiger partial charge in [-0.3, -0.25) is 14.5 Å². The molecule has 1 fully saturated rings. The molecule has 2 amide bonds. The third-order valence-corrected chi connectivity index (χ3v) is 11.7. The summed E-state index contributed by atoms with van der Waals surface area (Å²) in [5.74, 6) is 1.19. The van der Waals surface area contributed by atoms with Gasteiger partial charge in [-0.25, -0.2) is 0 Å². The number of carbonyl (C=O) groups is 2. The molecule has 0 radical (unpaired) electrons. The van der Waals surface area contributed by atoms with Gasteiger partial charge in [-0.15, -0.1) is 0 Å². The largest absolute Gasteiger partial charge is 0.490 e. The second-order valence-electron chi connectivity index (χ2n) is 12.6. The summed E-state index contributed by atoms with van der Waals surface area (Å²) in [6.07, 6.45) is 0.914. The molecule has 10 heteroatoms. The minimum atomic E-state index is -2.91. The Morgan fingerprint density at radius 1 is 1.07 bits per heavy atom. The van der Waals surface area contributed by atoms with Crippen molar-refractivity contribution >= 4 is 31.5 Å². The van der Waals surface area contributed by atoms with Crippen LogP contribution in [0.3, 0.4) is 0 Å². The van der Waals surface area contributed by atoms with Gasteiger partial charge >= 0.3 is 0 Å². The molecule has 3 aromatic carbocycles. The quantitative estimate of drug-likeness (QED) is 0.323. The topological polar surface area (TPSA) is 109 Å². The number of aliphatic hydroxyl groups is 1. The first-order valence-electron chi connectivity index (χ1n) is 15.3. The number of likely N-dealkylation sites (tertiary alicyclic amines) is 1. The van der Waals surface area contributed by atoms with Crippen LogP contribution in [-0.4, -0.2) is 67.3 Å². The molecular formula is C34H40N2O7Si. The first kappa shape index (κ1) is 30.3. The average Bonchev–Trinajstić information content (AvgIpc) is 3.45. The number of carbonyl (C=O) groups excluding carboxylic acids is 2. The van der Waals surface area contributed by atoms with Crippen molar-refractivity contribution in [2.45, 2.75) is 63.1 Å². The molecule has 6 rings (SSSR count). The Bertz CT molecular complexity index is 1560. The van der Waals surface area contributed by atoms with Crippen molar-refractivity contribution < 1.29 is 33.7 Å². The maximum absolute atomic E-state index is 14.0. The predicted molar refractivity (Wildman–Crippen MR) is 169 cm³/mol. The molecule has 3 aliphatic heterocycles. The number of hydrogen-bond acceptors (Lipinski definition) is 7. The van der Waals surface area contributed by atoms with Crippen LogP contribution in [0.5, 0.6) is 17.2 Å². The van der Waals surface area contributed by atoms with Crippen molar-refractivity contribution in [2.24, 2.45) is 5.92 Å². The van der Waals surface area contributed by atoms with Crippen LogP contribution in [0.1, 0.15) is 48.2 Å². The van der Waals surface area contributed by atoms with Crippen LogP contribution >= 0.6 is 0 Å². The van der Waals surface area contributed by atoms with Gasteiger partial charge in [0.2, 0.25) is 5.91 Å². The maximum atomic E-state index is 14.0. The van der Waals surface area contributed by atoms with Crippen molar-refractivity contribution in [3.8, 4) is 17.2 Å². The third-order valence-electron chi connectivity index (χ3n) is 9.32. The summed E-state index contributed by atoms with van der Waals surface area (Å²) in [4.78, 5) is 42.3. The normalized spacial score (nSPS) is 23.5. The van der Waals surface area contributed by atoms with E-state index < -0.39 is 26.1 Å². The van der Waals surface area contributed by atoms with E-state index in [4.69, 9.17) is 14.2 Å². The molecular weight excluding hydrogens is 576 g/mol. The number of benzene rings is 3. The summed E-state index contributed by atoms with van der Waals surface area (Å²) in [6, 6.07) is 20.1. The minimum absolute atomic E-state index is 0.0597. The second-order valence-corrected chi connectivity index (χ2v) is 16.6. The first-order valence-corrected chi connectivity index (χ1v) is 18.3. The summed E-state index contributed by atoms with van der Waals surface area (Å²) in [5.41, 5.74) is 2.12. The number of rotatable bonds is 7. The van der Waals surface area contributed by atoms with Crippen LogP contribution in [0.2, 0.25) is 18.6 Å². The van der Waals surface area contributed by atoms with Crippen molar-refractivity contribution in [3.63, 3.8) is 0 Å². The Morgan fingerprint density at radius 2 is 1.80 bits per heavy atom. The molecule has 0 spiro atoms. The molecule has 0 aliphatic carbocycles. The van der Waals surface area contributed by atoms with E-state index in [0.29, 0.717) is 40.7 Å². The van der Waals surface area contributed by atoms with Gasteiger partial charge in [0.1, 0.15) is 17.6 Å². The number of amides is 2. The number of aliphatic hydroxyl groups excluding tert-OH is 1. The van der Waals surface area contributed by atoms with Crippen molar-refractivity contribution in [1.82, 2.24) is 4.90 Å². The number of methoxy groups -OCH3 is 1. The summed E-state index contributed by atoms with van der Waals surface area (Å²) in [6.45, 7) is 6.27. The molecule has 3 aromatic rings. The molecule has 9 nitrogen and oxygen atoms in total. The van der Waals surface area contributed by atoms with Gasteiger partial charge in [0.25, 0.3) is 5.91 Å². The van der Waals surface area contributed by atoms with Crippen LogP contribution in [0.25, 0.3) is 0 Å². The average molecular weight is 617 g/mol. The lowest BCUT2D eigenvalue weighted by atomic mass is 9.86. The van der Waals surface area contributed by atoms with Gasteiger partial charge in [0.05, 0.1) is 35.7 Å². The SMILES string of the molecule is CO[C@H]1c2cc(N3C(=O)c4ccccc4Oc4ccccc43)ccc2O[C@@H](C(CC(=O)N2CCC[C@H]2CO)[Si](C)(C)O)[C@@H]1C. The van der Waals surface area contributed by atoms with E-state index in [0.717, 1.165) is 18.4 Å². The molecule has 0 bridgehead atoms. The Morgan fingerprint density at radius 3 is 2.52 bits per heavy atom. The standard InChI is InChI=1S/C34H40N2O7Si/c1-21-32(41-2)25-18-22(36-26-12-6-8-14-29(26)42-27-13-7-5-11-24(27)34(36)39)15-16-28(25)43-33(21)30(44(3,4)40)19-31(38)35-17-9-10-23(35)20-37/h5-8,11-16,18,21,23,30,32-33,37,40H,9-10,17,19-20H2,1-4H3/t21-,23+,30?,32-,33-/m1/s1. The Balaban J connectivity index is 1.36. The molecule has 2 N–H and O–H groups in total. The van der Waals surface area contributed by atoms with E-state index in [-0.39, 0.29) is 36.8 Å². The second kappa shape index (κ2) is 12.0. The molecule has 44 heavy (non-hydrogen) atoms. The molecule has 3 aliphatic rings. The monoisotopic (exact) mass is 616 g/mol. The molecule has 3 heterocycles. The van der Waals surface area contributed by atoms with E-state index in [1.54, 1.807) is 29.0 Å². The fraction of sp³-hybridized carbons (Fsp3) is 0.412. The summed E-state index contributed by atoms with van der Waals surface area (Å²) in [5, 5.41) is 9.79. The van der Waals surface area contributed by atoms with Crippen LogP contribution in [-0.2, 0) is 9.53 Å². The Hall–Kier alpha value is -3.70. The molecule has 0 aromatic heterocycles. The zero-order valence-corrected chi connectivity index (χ0v) is 26.6. The van der Waals surface area contributed by atoms with Crippen molar-refractivity contribution in [1.29, 1.82) is 0 Å². The minimum Gasteiger partial charge on any atom is -0.490 e. The van der Waals surface area contributed by atoms with Gasteiger partial charge in [-0.1, -0.05) is 31.2 Å². The predicted octanol–water partition coefficient (Wildman–Crippen LogP) is 5.80. The van der Waals surface area contributed by atoms with Crippen LogP contribution < -0.4 is 14.4 Å². The molecule has 1 saturated heterocycles. The van der Waals surface area contributed by atoms with Gasteiger partial charge in [-0.2, -0.15) is 0 Å². The van der Waals surface area contributed by atoms with Gasteiger partial charge < -0.3 is 29.0 Å². The van der Waals surface area contributed by atoms with Crippen LogP contribution in [0.4, 0.5) is 11.4 Å². The van der Waals surface area contributed by atoms with Gasteiger partial charge in [0, 0.05) is 37.1 Å². The Labute approximate surface area is 259 Å². The smallest absolute Gasteiger partial charge is 0.266 e. The highest BCUT2D eigenvalue weighted by molar-refractivity contribution is 6.71. The lowest BCUT2D eigenvalue weighted by Crippen LogP contribution is -2.50. The number of fused-ring (bicyclic) bond motifs is 3. The number of nitrogens with zero attached hydrogens (tertiary/aromatic N) is 2. The molecule has 1 unspecified atom stereocenters. The van der Waals surface area contributed by atoms with Crippen LogP contribution in [0, 0.1) is 5.92 Å². The Kier molecular flexibility index (Phi) is 8.27. The highest BCUT2D eigenvalue weighted by atomic mass is 28.4. The lowest BCUT2D eigenvalue weighted by Gasteiger charge is -2.44. The molecule has 5 atom stereocenters. The summed E-state index contributed by atoms with van der Waals surface area (Å²) < 4.78 is 18.9. The number of ether oxygens (including phenoxy) is 3. The lowest BCUT2D eigenvalue weighted by molar-refractivity contribution is -0.133. The van der Waals surface area contributed by atoms with E-state index in [2.05, 4.69) is 0 Å². The van der Waals surface area contributed by atoms with E-state index >= 15 is 0 Å². The number of hydrogen-bond donors (Lipinski definition) is 2. The molecule has 0 saturated carbocycles. The zero-order chi connectivity index (χ0) is 31.2. The highest BCUT2D eigenvalue weighted by Gasteiger charge is 2.48. The number of anilines is 2. The highest BCUT2D eigenvalue weighted by Crippen LogP contribution is 2.49. The molecule has 232 valence electrons. The summed E-state index contributed by atoms with van der Waals surface area (Å²) >= 11 is 0. The fourth-order valence-corrected chi connectivity index (χ4v) is 8.85. The van der Waals surface area contributed by atoms with Gasteiger partial charge in [-0.05, 0) is 68.4 Å². The zero-order valence-electron chi connectivity index (χ0n) is 25.6. The van der Waals surface area contributed by atoms with Crippen molar-refractivity contribution in [2.75, 3.05) is 25.2 Å². The third kappa shape index (κ3) is 5.40. The first-order chi connectivity index (χ1) is 21.1. The van der Waals surface area contributed by atoms with Crippen molar-refractivity contribution in [3.05, 3.63) is 77.9 Å². The van der Waals surface area contributed by atoms with Crippen LogP contribution in [0.15, 0.2) is 66.7 Å².